The van der Waals surface area contributed by atoms with Gasteiger partial charge in [0.05, 0.1) is 17.0 Å². The molecule has 7 heteroatoms. The zero-order chi connectivity index (χ0) is 12.6. The molecule has 0 atom stereocenters. The van der Waals surface area contributed by atoms with Crippen molar-refractivity contribution < 1.29 is 10.0 Å². The topological polar surface area (TPSA) is 76.3 Å². The quantitative estimate of drug-likeness (QED) is 0.518. The Hall–Kier alpha value is -1.43. The van der Waals surface area contributed by atoms with Crippen molar-refractivity contribution in [2.45, 2.75) is 6.61 Å². The van der Waals surface area contributed by atoms with E-state index < -0.39 is 10.6 Å². The van der Waals surface area contributed by atoms with E-state index in [1.165, 1.54) is 0 Å². The van der Waals surface area contributed by atoms with Gasteiger partial charge in [-0.15, -0.1) is 0 Å². The number of hydrogen-bond acceptors (Lipinski definition) is 4. The highest BCUT2D eigenvalue weighted by atomic mass is 35.5. The van der Waals surface area contributed by atoms with Gasteiger partial charge in [0.2, 0.25) is 5.15 Å². The molecule has 1 heterocycles. The lowest BCUT2D eigenvalue weighted by molar-refractivity contribution is -0.384. The van der Waals surface area contributed by atoms with Gasteiger partial charge in [-0.25, -0.2) is 4.98 Å². The molecule has 5 nitrogen and oxygen atoms in total. The van der Waals surface area contributed by atoms with Crippen LogP contribution in [-0.4, -0.2) is 15.0 Å². The van der Waals surface area contributed by atoms with Crippen molar-refractivity contribution in [2.24, 2.45) is 0 Å². The number of aromatic nitrogens is 1. The molecule has 0 unspecified atom stereocenters. The Morgan fingerprint density at radius 3 is 2.71 bits per heavy atom. The number of nitrogens with zero attached hydrogens (tertiary/aromatic N) is 2. The molecule has 0 bridgehead atoms. The van der Waals surface area contributed by atoms with Crippen molar-refractivity contribution in [3.05, 3.63) is 44.1 Å². The van der Waals surface area contributed by atoms with Crippen molar-refractivity contribution in [3.63, 3.8) is 0 Å². The summed E-state index contributed by atoms with van der Waals surface area (Å²) >= 11 is 11.6. The zero-order valence-corrected chi connectivity index (χ0v) is 9.87. The van der Waals surface area contributed by atoms with E-state index in [0.717, 1.165) is 0 Å². The highest BCUT2D eigenvalue weighted by Crippen LogP contribution is 2.36. The van der Waals surface area contributed by atoms with Crippen molar-refractivity contribution in [3.8, 4) is 0 Å². The van der Waals surface area contributed by atoms with Crippen LogP contribution in [0.3, 0.4) is 0 Å². The molecule has 0 spiro atoms. The van der Waals surface area contributed by atoms with Gasteiger partial charge in [-0.1, -0.05) is 35.3 Å². The first-order valence-electron chi connectivity index (χ1n) is 4.57. The molecule has 88 valence electrons. The maximum absolute atomic E-state index is 10.8. The first-order chi connectivity index (χ1) is 8.04. The maximum atomic E-state index is 10.8. The van der Waals surface area contributed by atoms with Gasteiger partial charge in [0.25, 0.3) is 0 Å². The van der Waals surface area contributed by atoms with Gasteiger partial charge < -0.3 is 5.11 Å². The third kappa shape index (κ3) is 2.04. The molecule has 0 aliphatic rings. The van der Waals surface area contributed by atoms with E-state index in [2.05, 4.69) is 4.98 Å². The molecular formula is C10H6Cl2N2O3. The Morgan fingerprint density at radius 2 is 2.12 bits per heavy atom. The SMILES string of the molecule is O=[N+]([O-])c1c(Cl)nc2cc(CO)ccc2c1Cl. The number of benzene rings is 1. The summed E-state index contributed by atoms with van der Waals surface area (Å²) in [6.45, 7) is -0.149. The third-order valence-electron chi connectivity index (χ3n) is 2.29. The summed E-state index contributed by atoms with van der Waals surface area (Å²) < 4.78 is 0. The van der Waals surface area contributed by atoms with Crippen LogP contribution in [0.25, 0.3) is 10.9 Å². The molecule has 2 rings (SSSR count). The Bertz CT molecular complexity index is 616. The molecule has 0 aliphatic heterocycles. The minimum Gasteiger partial charge on any atom is -0.392 e. The lowest BCUT2D eigenvalue weighted by Gasteiger charge is -2.04. The van der Waals surface area contributed by atoms with Gasteiger partial charge in [0, 0.05) is 5.39 Å². The normalized spacial score (nSPS) is 10.8. The number of pyridine rings is 1. The summed E-state index contributed by atoms with van der Waals surface area (Å²) in [6.07, 6.45) is 0. The molecule has 2 aromatic rings. The summed E-state index contributed by atoms with van der Waals surface area (Å²) in [5.41, 5.74) is 0.640. The maximum Gasteiger partial charge on any atom is 0.325 e. The monoisotopic (exact) mass is 272 g/mol. The van der Waals surface area contributed by atoms with Gasteiger partial charge in [-0.2, -0.15) is 0 Å². The molecule has 0 saturated carbocycles. The van der Waals surface area contributed by atoms with Crippen molar-refractivity contribution in [1.29, 1.82) is 0 Å². The van der Waals surface area contributed by atoms with Crippen LogP contribution in [0.4, 0.5) is 5.69 Å². The van der Waals surface area contributed by atoms with Crippen LogP contribution in [-0.2, 0) is 6.61 Å². The minimum absolute atomic E-state index is 0.0468. The Labute approximate surface area is 106 Å². The van der Waals surface area contributed by atoms with Crippen LogP contribution in [0.1, 0.15) is 5.56 Å². The Morgan fingerprint density at radius 1 is 1.41 bits per heavy atom. The van der Waals surface area contributed by atoms with Gasteiger partial charge in [0.1, 0.15) is 5.02 Å². The van der Waals surface area contributed by atoms with E-state index in [-0.39, 0.29) is 16.8 Å². The minimum atomic E-state index is -0.670. The zero-order valence-electron chi connectivity index (χ0n) is 8.35. The molecule has 0 aliphatic carbocycles. The molecule has 1 N–H and O–H groups in total. The fraction of sp³-hybridized carbons (Fsp3) is 0.100. The van der Waals surface area contributed by atoms with Crippen molar-refractivity contribution in [2.75, 3.05) is 0 Å². The second-order valence-electron chi connectivity index (χ2n) is 3.33. The van der Waals surface area contributed by atoms with Crippen molar-refractivity contribution in [1.82, 2.24) is 4.98 Å². The van der Waals surface area contributed by atoms with E-state index in [4.69, 9.17) is 28.3 Å². The molecule has 1 aromatic heterocycles. The molecule has 17 heavy (non-hydrogen) atoms. The smallest absolute Gasteiger partial charge is 0.325 e. The van der Waals surface area contributed by atoms with Crippen molar-refractivity contribution >= 4 is 39.8 Å². The number of rotatable bonds is 2. The standard InChI is InChI=1S/C10H6Cl2N2O3/c11-8-6-2-1-5(4-15)3-7(6)13-10(12)9(8)14(16)17/h1-3,15H,4H2. The highest BCUT2D eigenvalue weighted by Gasteiger charge is 2.22. The second-order valence-corrected chi connectivity index (χ2v) is 4.07. The summed E-state index contributed by atoms with van der Waals surface area (Å²) in [6, 6.07) is 4.77. The van der Waals surface area contributed by atoms with Gasteiger partial charge >= 0.3 is 5.69 Å². The Kier molecular flexibility index (Phi) is 3.15. The molecular weight excluding hydrogens is 267 g/mol. The van der Waals surface area contributed by atoms with Crippen LogP contribution < -0.4 is 0 Å². The fourth-order valence-corrected chi connectivity index (χ4v) is 2.11. The van der Waals surface area contributed by atoms with Gasteiger partial charge in [0.15, 0.2) is 0 Å². The first kappa shape index (κ1) is 12.0. The van der Waals surface area contributed by atoms with E-state index in [1.54, 1.807) is 18.2 Å². The number of halogens is 2. The number of nitro groups is 1. The summed E-state index contributed by atoms with van der Waals surface area (Å²) in [5.74, 6) is 0. The van der Waals surface area contributed by atoms with Crippen LogP contribution in [0, 0.1) is 10.1 Å². The average molecular weight is 273 g/mol. The lowest BCUT2D eigenvalue weighted by atomic mass is 10.1. The second kappa shape index (κ2) is 4.44. The van der Waals surface area contributed by atoms with E-state index >= 15 is 0 Å². The predicted octanol–water partition coefficient (Wildman–Crippen LogP) is 2.94. The van der Waals surface area contributed by atoms with Crippen LogP contribution in [0.2, 0.25) is 10.2 Å². The summed E-state index contributed by atoms with van der Waals surface area (Å²) in [4.78, 5) is 14.0. The fourth-order valence-electron chi connectivity index (χ4n) is 1.49. The number of fused-ring (bicyclic) bond motifs is 1. The van der Waals surface area contributed by atoms with Crippen LogP contribution in [0.15, 0.2) is 18.2 Å². The van der Waals surface area contributed by atoms with Crippen LogP contribution in [0.5, 0.6) is 0 Å². The molecule has 0 radical (unpaired) electrons. The highest BCUT2D eigenvalue weighted by molar-refractivity contribution is 6.41. The number of hydrogen-bond donors (Lipinski definition) is 1. The summed E-state index contributed by atoms with van der Waals surface area (Å²) in [5, 5.41) is 19.9. The predicted molar refractivity (Wildman–Crippen MR) is 64.3 cm³/mol. The molecule has 0 fully saturated rings. The molecule has 0 saturated heterocycles. The average Bonchev–Trinajstić information content (AvgIpc) is 2.27. The first-order valence-corrected chi connectivity index (χ1v) is 5.33. The van der Waals surface area contributed by atoms with E-state index in [1.807, 2.05) is 0 Å². The van der Waals surface area contributed by atoms with Gasteiger partial charge in [-0.3, -0.25) is 10.1 Å². The molecule has 1 aromatic carbocycles. The Balaban J connectivity index is 2.81. The third-order valence-corrected chi connectivity index (χ3v) is 2.93. The van der Waals surface area contributed by atoms with E-state index in [9.17, 15) is 10.1 Å². The number of aliphatic hydroxyl groups is 1. The largest absolute Gasteiger partial charge is 0.392 e. The lowest BCUT2D eigenvalue weighted by Crippen LogP contribution is -1.95. The van der Waals surface area contributed by atoms with E-state index in [0.29, 0.717) is 16.5 Å². The van der Waals surface area contributed by atoms with Gasteiger partial charge in [-0.05, 0) is 11.6 Å². The molecule has 0 amide bonds. The number of aliphatic hydroxyl groups excluding tert-OH is 1. The summed E-state index contributed by atoms with van der Waals surface area (Å²) in [7, 11) is 0. The van der Waals surface area contributed by atoms with Crippen LogP contribution >= 0.6 is 23.2 Å².